The summed E-state index contributed by atoms with van der Waals surface area (Å²) in [5, 5.41) is 12.3. The van der Waals surface area contributed by atoms with Gasteiger partial charge in [-0.15, -0.1) is 5.10 Å². The average molecular weight is 362 g/mol. The molecule has 0 saturated carbocycles. The number of nitrogens with zero attached hydrogens (tertiary/aromatic N) is 2. The van der Waals surface area contributed by atoms with E-state index in [1.807, 2.05) is 0 Å². The van der Waals surface area contributed by atoms with Gasteiger partial charge in [0.05, 0.1) is 11.1 Å². The quantitative estimate of drug-likeness (QED) is 0.768. The maximum absolute atomic E-state index is 13.1. The lowest BCUT2D eigenvalue weighted by atomic mass is 10.3. The molecule has 5 nitrogen and oxygen atoms in total. The number of nitrogens with one attached hydrogen (secondary N) is 1. The molecule has 0 spiro atoms. The van der Waals surface area contributed by atoms with Crippen molar-refractivity contribution < 1.29 is 13.9 Å². The van der Waals surface area contributed by atoms with Crippen molar-refractivity contribution in [2.24, 2.45) is 0 Å². The first-order valence-electron chi connectivity index (χ1n) is 5.84. The minimum absolute atomic E-state index is 0.336. The monoisotopic (exact) mass is 361 g/mol. The Morgan fingerprint density at radius 3 is 3.00 bits per heavy atom. The second-order valence-corrected chi connectivity index (χ2v) is 5.69. The van der Waals surface area contributed by atoms with E-state index in [0.717, 1.165) is 11.6 Å². The second-order valence-electron chi connectivity index (χ2n) is 3.81. The van der Waals surface area contributed by atoms with Gasteiger partial charge in [0, 0.05) is 20.2 Å². The Balaban J connectivity index is 1.90. The van der Waals surface area contributed by atoms with Gasteiger partial charge in [-0.25, -0.2) is 4.39 Å². The van der Waals surface area contributed by atoms with Crippen LogP contribution < -0.4 is 10.1 Å². The minimum Gasteiger partial charge on any atom is -0.430 e. The molecule has 0 fully saturated rings. The van der Waals surface area contributed by atoms with Crippen molar-refractivity contribution in [2.45, 2.75) is 6.54 Å². The van der Waals surface area contributed by atoms with Gasteiger partial charge in [-0.2, -0.15) is 0 Å². The van der Waals surface area contributed by atoms with Crippen molar-refractivity contribution in [1.82, 2.24) is 15.5 Å². The molecule has 0 unspecified atom stereocenters. The topological polar surface area (TPSA) is 56.3 Å². The summed E-state index contributed by atoms with van der Waals surface area (Å²) in [6.07, 6.45) is 0. The summed E-state index contributed by atoms with van der Waals surface area (Å²) in [5.41, 5.74) is 0. The molecule has 1 heterocycles. The fraction of sp³-hybridized carbons (Fsp3) is 0.333. The Hall–Kier alpha value is -1.09. The summed E-state index contributed by atoms with van der Waals surface area (Å²) in [6, 6.07) is 4.42. The van der Waals surface area contributed by atoms with Crippen molar-refractivity contribution in [2.75, 3.05) is 20.3 Å². The van der Waals surface area contributed by atoms with E-state index in [9.17, 15) is 4.39 Å². The highest BCUT2D eigenvalue weighted by atomic mass is 79.9. The molecule has 1 aromatic carbocycles. The molecule has 1 aromatic heterocycles. The molecule has 1 N–H and O–H groups in total. The first-order valence-corrected chi connectivity index (χ1v) is 7.45. The lowest BCUT2D eigenvalue weighted by Crippen LogP contribution is -2.18. The molecule has 0 aliphatic rings. The normalized spacial score (nSPS) is 10.8. The number of hydrogen-bond acceptors (Lipinski definition) is 6. The molecule has 8 heteroatoms. The van der Waals surface area contributed by atoms with Gasteiger partial charge in [-0.3, -0.25) is 0 Å². The van der Waals surface area contributed by atoms with Gasteiger partial charge in [-0.1, -0.05) is 16.4 Å². The molecule has 108 valence electrons. The van der Waals surface area contributed by atoms with Gasteiger partial charge >= 0.3 is 0 Å². The van der Waals surface area contributed by atoms with Crippen LogP contribution in [0, 0.1) is 5.82 Å². The molecule has 0 aliphatic heterocycles. The summed E-state index contributed by atoms with van der Waals surface area (Å²) in [6.45, 7) is 2.00. The predicted octanol–water partition coefficient (Wildman–Crippen LogP) is 2.97. The predicted molar refractivity (Wildman–Crippen MR) is 77.7 cm³/mol. The summed E-state index contributed by atoms with van der Waals surface area (Å²) in [5.74, 6) is 0.172. The van der Waals surface area contributed by atoms with E-state index >= 15 is 0 Å². The maximum Gasteiger partial charge on any atom is 0.299 e. The highest BCUT2D eigenvalue weighted by molar-refractivity contribution is 9.10. The molecule has 0 radical (unpaired) electrons. The smallest absolute Gasteiger partial charge is 0.299 e. The number of halogens is 2. The van der Waals surface area contributed by atoms with Crippen LogP contribution in [-0.4, -0.2) is 30.5 Å². The standard InChI is InChI=1S/C12H13BrFN3O2S/c1-18-5-4-15-7-11-16-17-12(20-11)19-8-2-3-10(14)9(13)6-8/h2-3,6,15H,4-5,7H2,1H3. The maximum atomic E-state index is 13.1. The van der Waals surface area contributed by atoms with Crippen molar-refractivity contribution in [3.63, 3.8) is 0 Å². The number of ether oxygens (including phenoxy) is 2. The minimum atomic E-state index is -0.336. The zero-order valence-corrected chi connectivity index (χ0v) is 13.1. The van der Waals surface area contributed by atoms with E-state index in [1.165, 1.54) is 23.5 Å². The fourth-order valence-corrected chi connectivity index (χ4v) is 2.40. The Bertz CT molecular complexity index is 567. The highest BCUT2D eigenvalue weighted by Gasteiger charge is 2.07. The largest absolute Gasteiger partial charge is 0.430 e. The SMILES string of the molecule is COCCNCc1nnc(Oc2ccc(F)c(Br)c2)s1. The average Bonchev–Trinajstić information content (AvgIpc) is 2.87. The lowest BCUT2D eigenvalue weighted by Gasteiger charge is -2.01. The summed E-state index contributed by atoms with van der Waals surface area (Å²) >= 11 is 4.44. The summed E-state index contributed by atoms with van der Waals surface area (Å²) in [7, 11) is 1.65. The van der Waals surface area contributed by atoms with Crippen molar-refractivity contribution >= 4 is 27.3 Å². The number of hydrogen-bond donors (Lipinski definition) is 1. The molecular formula is C12H13BrFN3O2S. The van der Waals surface area contributed by atoms with E-state index in [4.69, 9.17) is 9.47 Å². The molecule has 0 amide bonds. The van der Waals surface area contributed by atoms with Crippen LogP contribution in [0.4, 0.5) is 4.39 Å². The van der Waals surface area contributed by atoms with E-state index in [1.54, 1.807) is 13.2 Å². The van der Waals surface area contributed by atoms with Crippen LogP contribution >= 0.6 is 27.3 Å². The van der Waals surface area contributed by atoms with E-state index in [2.05, 4.69) is 31.4 Å². The van der Waals surface area contributed by atoms with Crippen LogP contribution in [0.2, 0.25) is 0 Å². The third-order valence-electron chi connectivity index (χ3n) is 2.30. The van der Waals surface area contributed by atoms with Crippen LogP contribution in [0.1, 0.15) is 5.01 Å². The molecular weight excluding hydrogens is 349 g/mol. The third-order valence-corrected chi connectivity index (χ3v) is 3.71. The number of rotatable bonds is 7. The van der Waals surface area contributed by atoms with Crippen LogP contribution in [0.3, 0.4) is 0 Å². The molecule has 0 bridgehead atoms. The summed E-state index contributed by atoms with van der Waals surface area (Å²) in [4.78, 5) is 0. The Labute approximate surface area is 128 Å². The Morgan fingerprint density at radius 2 is 2.25 bits per heavy atom. The Morgan fingerprint density at radius 1 is 1.40 bits per heavy atom. The summed E-state index contributed by atoms with van der Waals surface area (Å²) < 4.78 is 23.9. The molecule has 0 atom stereocenters. The van der Waals surface area contributed by atoms with Gasteiger partial charge in [-0.05, 0) is 34.1 Å². The van der Waals surface area contributed by atoms with E-state index in [0.29, 0.717) is 28.6 Å². The Kier molecular flexibility index (Phi) is 5.84. The lowest BCUT2D eigenvalue weighted by molar-refractivity contribution is 0.199. The first kappa shape index (κ1) is 15.3. The van der Waals surface area contributed by atoms with Crippen molar-refractivity contribution in [3.8, 4) is 10.9 Å². The zero-order chi connectivity index (χ0) is 14.4. The highest BCUT2D eigenvalue weighted by Crippen LogP contribution is 2.28. The molecule has 0 saturated heterocycles. The number of benzene rings is 1. The van der Waals surface area contributed by atoms with Crippen LogP contribution in [0.5, 0.6) is 10.9 Å². The number of aromatic nitrogens is 2. The van der Waals surface area contributed by atoms with Crippen molar-refractivity contribution in [3.05, 3.63) is 33.5 Å². The molecule has 2 aromatic rings. The zero-order valence-electron chi connectivity index (χ0n) is 10.7. The molecule has 2 rings (SSSR count). The van der Waals surface area contributed by atoms with Gasteiger partial charge < -0.3 is 14.8 Å². The van der Waals surface area contributed by atoms with Crippen LogP contribution in [0.25, 0.3) is 0 Å². The first-order chi connectivity index (χ1) is 9.69. The van der Waals surface area contributed by atoms with E-state index in [-0.39, 0.29) is 5.82 Å². The van der Waals surface area contributed by atoms with E-state index < -0.39 is 0 Å². The third kappa shape index (κ3) is 4.48. The molecule has 20 heavy (non-hydrogen) atoms. The van der Waals surface area contributed by atoms with Gasteiger partial charge in [0.15, 0.2) is 0 Å². The fourth-order valence-electron chi connectivity index (χ4n) is 1.36. The molecule has 0 aliphatic carbocycles. The van der Waals surface area contributed by atoms with Gasteiger partial charge in [0.2, 0.25) is 0 Å². The number of methoxy groups -OCH3 is 1. The van der Waals surface area contributed by atoms with Crippen molar-refractivity contribution in [1.29, 1.82) is 0 Å². The van der Waals surface area contributed by atoms with Crippen LogP contribution in [0.15, 0.2) is 22.7 Å². The second kappa shape index (κ2) is 7.63. The van der Waals surface area contributed by atoms with Crippen LogP contribution in [-0.2, 0) is 11.3 Å². The van der Waals surface area contributed by atoms with Gasteiger partial charge in [0.25, 0.3) is 5.19 Å². The van der Waals surface area contributed by atoms with Gasteiger partial charge in [0.1, 0.15) is 16.6 Å².